The van der Waals surface area contributed by atoms with Gasteiger partial charge in [-0.3, -0.25) is 9.69 Å². The number of hydrogen-bond donors (Lipinski definition) is 1. The zero-order valence-electron chi connectivity index (χ0n) is 9.55. The van der Waals surface area contributed by atoms with Gasteiger partial charge in [0.25, 0.3) is 0 Å². The highest BCUT2D eigenvalue weighted by Crippen LogP contribution is 2.08. The second-order valence-corrected chi connectivity index (χ2v) is 3.91. The highest BCUT2D eigenvalue weighted by molar-refractivity contribution is 5.90. The first kappa shape index (κ1) is 11.4. The van der Waals surface area contributed by atoms with Gasteiger partial charge in [-0.1, -0.05) is 30.3 Å². The van der Waals surface area contributed by atoms with Gasteiger partial charge in [-0.15, -0.1) is 0 Å². The average molecular weight is 234 g/mol. The van der Waals surface area contributed by atoms with Crippen molar-refractivity contribution in [3.8, 4) is 0 Å². The number of amides is 2. The van der Waals surface area contributed by atoms with Gasteiger partial charge in [-0.2, -0.15) is 0 Å². The van der Waals surface area contributed by atoms with Crippen molar-refractivity contribution in [1.82, 2.24) is 10.2 Å². The Kier molecular flexibility index (Phi) is 3.27. The van der Waals surface area contributed by atoms with E-state index < -0.39 is 12.1 Å². The number of carbonyl (C=O) groups excluding carboxylic acids is 2. The minimum absolute atomic E-state index is 0.135. The predicted octanol–water partition coefficient (Wildman–Crippen LogP) is 0.753. The highest BCUT2D eigenvalue weighted by atomic mass is 16.6. The first-order valence-electron chi connectivity index (χ1n) is 5.39. The van der Waals surface area contributed by atoms with Gasteiger partial charge in [0.05, 0.1) is 0 Å². The lowest BCUT2D eigenvalue weighted by Crippen LogP contribution is -2.62. The molecule has 1 aromatic rings. The van der Waals surface area contributed by atoms with E-state index in [1.807, 2.05) is 30.3 Å². The van der Waals surface area contributed by atoms with E-state index >= 15 is 0 Å². The molecule has 0 spiro atoms. The summed E-state index contributed by atoms with van der Waals surface area (Å²) in [6.07, 6.45) is -0.478. The smallest absolute Gasteiger partial charge is 0.410 e. The summed E-state index contributed by atoms with van der Waals surface area (Å²) in [6.45, 7) is 0.716. The number of nitrogens with zero attached hydrogens (tertiary/aromatic N) is 1. The third kappa shape index (κ3) is 2.55. The Bertz CT molecular complexity index is 419. The Hall–Kier alpha value is -2.04. The van der Waals surface area contributed by atoms with E-state index in [2.05, 4.69) is 5.32 Å². The number of benzene rings is 1. The Balaban J connectivity index is 1.83. The standard InChI is InChI=1S/C12H14N2O3/c1-14(10-7-13-11(10)15)12(16)17-8-9-5-3-2-4-6-9/h2-6,10H,7-8H2,1H3,(H,13,15). The van der Waals surface area contributed by atoms with E-state index in [0.717, 1.165) is 5.56 Å². The fourth-order valence-corrected chi connectivity index (χ4v) is 1.54. The van der Waals surface area contributed by atoms with Crippen molar-refractivity contribution in [1.29, 1.82) is 0 Å². The molecular formula is C12H14N2O3. The van der Waals surface area contributed by atoms with Gasteiger partial charge in [0, 0.05) is 13.6 Å². The second kappa shape index (κ2) is 4.86. The fraction of sp³-hybridized carbons (Fsp3) is 0.333. The molecule has 1 aromatic carbocycles. The molecule has 0 radical (unpaired) electrons. The molecule has 1 heterocycles. The van der Waals surface area contributed by atoms with Crippen molar-refractivity contribution >= 4 is 12.0 Å². The van der Waals surface area contributed by atoms with Gasteiger partial charge >= 0.3 is 6.09 Å². The fourth-order valence-electron chi connectivity index (χ4n) is 1.54. The lowest BCUT2D eigenvalue weighted by molar-refractivity contribution is -0.131. The molecule has 1 N–H and O–H groups in total. The van der Waals surface area contributed by atoms with Gasteiger partial charge < -0.3 is 10.1 Å². The van der Waals surface area contributed by atoms with E-state index in [0.29, 0.717) is 6.54 Å². The van der Waals surface area contributed by atoms with E-state index in [1.165, 1.54) is 4.90 Å². The molecule has 2 rings (SSSR count). The topological polar surface area (TPSA) is 58.6 Å². The summed E-state index contributed by atoms with van der Waals surface area (Å²) in [6, 6.07) is 9.03. The van der Waals surface area contributed by atoms with E-state index in [9.17, 15) is 9.59 Å². The Morgan fingerprint density at radius 2 is 2.18 bits per heavy atom. The van der Waals surface area contributed by atoms with Crippen LogP contribution < -0.4 is 5.32 Å². The number of β-lactam (4-membered cyclic amide) rings is 1. The van der Waals surface area contributed by atoms with Crippen LogP contribution in [0.1, 0.15) is 5.56 Å². The molecule has 1 unspecified atom stereocenters. The van der Waals surface area contributed by atoms with E-state index in [4.69, 9.17) is 4.74 Å². The Morgan fingerprint density at radius 3 is 2.71 bits per heavy atom. The van der Waals surface area contributed by atoms with Gasteiger partial charge in [0.2, 0.25) is 5.91 Å². The number of hydrogen-bond acceptors (Lipinski definition) is 3. The van der Waals surface area contributed by atoms with Crippen LogP contribution in [0, 0.1) is 0 Å². The van der Waals surface area contributed by atoms with Crippen molar-refractivity contribution in [2.45, 2.75) is 12.6 Å². The molecule has 5 heteroatoms. The normalized spacial score (nSPS) is 17.9. The molecule has 1 saturated heterocycles. The number of ether oxygens (including phenoxy) is 1. The first-order chi connectivity index (χ1) is 8.18. The Labute approximate surface area is 99.4 Å². The van der Waals surface area contributed by atoms with Crippen molar-refractivity contribution < 1.29 is 14.3 Å². The molecular weight excluding hydrogens is 220 g/mol. The molecule has 1 aliphatic heterocycles. The maximum Gasteiger partial charge on any atom is 0.410 e. The highest BCUT2D eigenvalue weighted by Gasteiger charge is 2.34. The Morgan fingerprint density at radius 1 is 1.47 bits per heavy atom. The van der Waals surface area contributed by atoms with Gasteiger partial charge in [0.1, 0.15) is 12.6 Å². The molecule has 1 fully saturated rings. The zero-order chi connectivity index (χ0) is 12.3. The summed E-state index contributed by atoms with van der Waals surface area (Å²) in [7, 11) is 1.57. The van der Waals surface area contributed by atoms with Crippen LogP contribution in [-0.4, -0.2) is 36.5 Å². The maximum absolute atomic E-state index is 11.6. The van der Waals surface area contributed by atoms with Crippen molar-refractivity contribution in [3.63, 3.8) is 0 Å². The molecule has 2 amide bonds. The van der Waals surface area contributed by atoms with Crippen LogP contribution in [0.4, 0.5) is 4.79 Å². The minimum atomic E-state index is -0.478. The first-order valence-corrected chi connectivity index (χ1v) is 5.39. The van der Waals surface area contributed by atoms with Crippen LogP contribution in [0.15, 0.2) is 30.3 Å². The van der Waals surface area contributed by atoms with E-state index in [1.54, 1.807) is 7.05 Å². The molecule has 17 heavy (non-hydrogen) atoms. The summed E-state index contributed by atoms with van der Waals surface area (Å²) in [5.74, 6) is -0.135. The molecule has 0 bridgehead atoms. The number of nitrogens with one attached hydrogen (secondary N) is 1. The average Bonchev–Trinajstić information content (AvgIpc) is 2.35. The summed E-state index contributed by atoms with van der Waals surface area (Å²) in [4.78, 5) is 24.0. The molecule has 1 atom stereocenters. The van der Waals surface area contributed by atoms with Gasteiger partial charge in [-0.25, -0.2) is 4.79 Å². The second-order valence-electron chi connectivity index (χ2n) is 3.91. The predicted molar refractivity (Wildman–Crippen MR) is 61.2 cm³/mol. The van der Waals surface area contributed by atoms with Gasteiger partial charge in [0.15, 0.2) is 0 Å². The third-order valence-corrected chi connectivity index (χ3v) is 2.73. The zero-order valence-corrected chi connectivity index (χ0v) is 9.55. The molecule has 90 valence electrons. The molecule has 0 saturated carbocycles. The largest absolute Gasteiger partial charge is 0.445 e. The molecule has 0 aliphatic carbocycles. The lowest BCUT2D eigenvalue weighted by atomic mass is 10.1. The van der Waals surface area contributed by atoms with Crippen LogP contribution in [0.5, 0.6) is 0 Å². The number of carbonyl (C=O) groups is 2. The van der Waals surface area contributed by atoms with Crippen LogP contribution in [-0.2, 0) is 16.1 Å². The SMILES string of the molecule is CN(C(=O)OCc1ccccc1)C1CNC1=O. The molecule has 1 aliphatic rings. The summed E-state index contributed by atoms with van der Waals surface area (Å²) >= 11 is 0. The third-order valence-electron chi connectivity index (χ3n) is 2.73. The maximum atomic E-state index is 11.6. The van der Waals surface area contributed by atoms with Crippen LogP contribution in [0.25, 0.3) is 0 Å². The molecule has 5 nitrogen and oxygen atoms in total. The monoisotopic (exact) mass is 234 g/mol. The van der Waals surface area contributed by atoms with E-state index in [-0.39, 0.29) is 12.5 Å². The quantitative estimate of drug-likeness (QED) is 0.785. The summed E-state index contributed by atoms with van der Waals surface area (Å²) in [5, 5.41) is 2.58. The van der Waals surface area contributed by atoms with Crippen LogP contribution >= 0.6 is 0 Å². The van der Waals surface area contributed by atoms with Gasteiger partial charge in [-0.05, 0) is 5.56 Å². The molecule has 0 aromatic heterocycles. The number of likely N-dealkylation sites (N-methyl/N-ethyl adjacent to an activating group) is 1. The van der Waals surface area contributed by atoms with Crippen LogP contribution in [0.2, 0.25) is 0 Å². The minimum Gasteiger partial charge on any atom is -0.445 e. The van der Waals surface area contributed by atoms with Crippen molar-refractivity contribution in [2.24, 2.45) is 0 Å². The summed E-state index contributed by atoms with van der Waals surface area (Å²) in [5.41, 5.74) is 0.923. The number of rotatable bonds is 3. The van der Waals surface area contributed by atoms with Crippen molar-refractivity contribution in [3.05, 3.63) is 35.9 Å². The van der Waals surface area contributed by atoms with Crippen LogP contribution in [0.3, 0.4) is 0 Å². The van der Waals surface area contributed by atoms with Crippen molar-refractivity contribution in [2.75, 3.05) is 13.6 Å². The lowest BCUT2D eigenvalue weighted by Gasteiger charge is -2.33. The summed E-state index contributed by atoms with van der Waals surface area (Å²) < 4.78 is 5.10.